The van der Waals surface area contributed by atoms with Gasteiger partial charge in [-0.3, -0.25) is 9.36 Å². The van der Waals surface area contributed by atoms with Crippen LogP contribution in [0.4, 0.5) is 0 Å². The van der Waals surface area contributed by atoms with Crippen LogP contribution in [0, 0.1) is 6.92 Å². The van der Waals surface area contributed by atoms with Crippen molar-refractivity contribution in [1.82, 2.24) is 9.55 Å². The minimum absolute atomic E-state index is 0.611. The molecule has 94 valence electrons. The molecule has 0 atom stereocenters. The Kier molecular flexibility index (Phi) is 2.84. The van der Waals surface area contributed by atoms with E-state index in [2.05, 4.69) is 4.98 Å². The van der Waals surface area contributed by atoms with Crippen molar-refractivity contribution in [2.24, 2.45) is 0 Å². The number of carbonyl (C=O) groups is 1. The molecule has 0 amide bonds. The van der Waals surface area contributed by atoms with Crippen molar-refractivity contribution >= 4 is 29.0 Å². The molecule has 0 radical (unpaired) electrons. The van der Waals surface area contributed by atoms with Gasteiger partial charge in [0, 0.05) is 10.6 Å². The highest BCUT2D eigenvalue weighted by Gasteiger charge is 2.13. The van der Waals surface area contributed by atoms with Crippen molar-refractivity contribution in [1.29, 1.82) is 0 Å². The van der Waals surface area contributed by atoms with E-state index in [9.17, 15) is 4.79 Å². The second-order valence-corrected chi connectivity index (χ2v) is 4.80. The van der Waals surface area contributed by atoms with Gasteiger partial charge in [-0.15, -0.1) is 0 Å². The zero-order valence-electron chi connectivity index (χ0n) is 10.3. The van der Waals surface area contributed by atoms with E-state index in [1.807, 2.05) is 31.2 Å². The van der Waals surface area contributed by atoms with Gasteiger partial charge in [0.25, 0.3) is 0 Å². The Morgan fingerprint density at radius 2 is 2.00 bits per heavy atom. The summed E-state index contributed by atoms with van der Waals surface area (Å²) in [6.45, 7) is 2.00. The fourth-order valence-corrected chi connectivity index (χ4v) is 2.36. The number of nitrogens with zero attached hydrogens (tertiary/aromatic N) is 2. The molecular weight excluding hydrogens is 260 g/mol. The van der Waals surface area contributed by atoms with Gasteiger partial charge in [-0.25, -0.2) is 4.98 Å². The second-order valence-electron chi connectivity index (χ2n) is 4.36. The molecule has 0 unspecified atom stereocenters. The third-order valence-corrected chi connectivity index (χ3v) is 3.38. The van der Waals surface area contributed by atoms with Crippen LogP contribution < -0.4 is 0 Å². The zero-order valence-corrected chi connectivity index (χ0v) is 11.1. The second kappa shape index (κ2) is 4.52. The van der Waals surface area contributed by atoms with Gasteiger partial charge in [0.1, 0.15) is 5.82 Å². The number of halogens is 1. The lowest BCUT2D eigenvalue weighted by atomic mass is 10.1. The van der Waals surface area contributed by atoms with Gasteiger partial charge in [0.2, 0.25) is 6.41 Å². The predicted molar refractivity (Wildman–Crippen MR) is 77.1 cm³/mol. The lowest BCUT2D eigenvalue weighted by molar-refractivity contribution is 0.549. The summed E-state index contributed by atoms with van der Waals surface area (Å²) in [5.74, 6) is 0.644. The van der Waals surface area contributed by atoms with Crippen molar-refractivity contribution < 1.29 is 4.79 Å². The van der Waals surface area contributed by atoms with Gasteiger partial charge in [-0.1, -0.05) is 35.9 Å². The van der Waals surface area contributed by atoms with Crippen molar-refractivity contribution in [2.45, 2.75) is 6.92 Å². The highest BCUT2D eigenvalue weighted by molar-refractivity contribution is 6.31. The summed E-state index contributed by atoms with van der Waals surface area (Å²) in [7, 11) is 0. The molecule has 3 aromatic rings. The Labute approximate surface area is 115 Å². The van der Waals surface area contributed by atoms with Crippen LogP contribution in [0.15, 0.2) is 42.5 Å². The number of benzene rings is 2. The molecule has 0 fully saturated rings. The molecule has 0 N–H and O–H groups in total. The van der Waals surface area contributed by atoms with Crippen LogP contribution in [0.1, 0.15) is 5.56 Å². The first-order valence-corrected chi connectivity index (χ1v) is 6.27. The number of fused-ring (bicyclic) bond motifs is 1. The van der Waals surface area contributed by atoms with Crippen molar-refractivity contribution in [2.75, 3.05) is 0 Å². The van der Waals surface area contributed by atoms with E-state index in [4.69, 9.17) is 11.6 Å². The van der Waals surface area contributed by atoms with Crippen LogP contribution in [-0.2, 0) is 4.79 Å². The molecule has 0 aliphatic heterocycles. The molecule has 3 rings (SSSR count). The van der Waals surface area contributed by atoms with E-state index in [0.29, 0.717) is 10.8 Å². The van der Waals surface area contributed by atoms with Gasteiger partial charge in [0.05, 0.1) is 11.0 Å². The summed E-state index contributed by atoms with van der Waals surface area (Å²) in [5.41, 5.74) is 3.50. The molecule has 0 aliphatic rings. The van der Waals surface area contributed by atoms with Crippen LogP contribution in [-0.4, -0.2) is 16.0 Å². The molecule has 1 aromatic heterocycles. The number of aromatic nitrogens is 2. The van der Waals surface area contributed by atoms with Gasteiger partial charge >= 0.3 is 0 Å². The topological polar surface area (TPSA) is 34.9 Å². The van der Waals surface area contributed by atoms with E-state index in [1.54, 1.807) is 22.8 Å². The molecule has 0 saturated carbocycles. The van der Waals surface area contributed by atoms with Gasteiger partial charge in [0.15, 0.2) is 0 Å². The number of imidazole rings is 1. The maximum absolute atomic E-state index is 11.4. The fourth-order valence-electron chi connectivity index (χ4n) is 2.19. The standard InChI is InChI=1S/C15H11ClN2O/c1-10-4-2-3-5-12(10)15-17-13-8-11(16)6-7-14(13)18(15)9-19/h2-9H,1H3. The summed E-state index contributed by atoms with van der Waals surface area (Å²) in [5, 5.41) is 0.611. The third-order valence-electron chi connectivity index (χ3n) is 3.14. The third kappa shape index (κ3) is 1.92. The molecule has 4 heteroatoms. The summed E-state index contributed by atoms with van der Waals surface area (Å²) < 4.78 is 1.55. The molecular formula is C15H11ClN2O. The quantitative estimate of drug-likeness (QED) is 0.666. The predicted octanol–water partition coefficient (Wildman–Crippen LogP) is 3.70. The summed E-state index contributed by atoms with van der Waals surface area (Å²) in [4.78, 5) is 15.9. The van der Waals surface area contributed by atoms with Crippen molar-refractivity contribution in [3.63, 3.8) is 0 Å². The average Bonchev–Trinajstić information content (AvgIpc) is 2.76. The summed E-state index contributed by atoms with van der Waals surface area (Å²) >= 11 is 5.96. The van der Waals surface area contributed by atoms with Gasteiger partial charge < -0.3 is 0 Å². The molecule has 19 heavy (non-hydrogen) atoms. The molecule has 0 bridgehead atoms. The van der Waals surface area contributed by atoms with Crippen LogP contribution in [0.3, 0.4) is 0 Å². The minimum Gasteiger partial charge on any atom is -0.278 e. The lowest BCUT2D eigenvalue weighted by Gasteiger charge is -2.04. The monoisotopic (exact) mass is 270 g/mol. The average molecular weight is 271 g/mol. The Balaban J connectivity index is 2.35. The fraction of sp³-hybridized carbons (Fsp3) is 0.0667. The van der Waals surface area contributed by atoms with Gasteiger partial charge in [-0.05, 0) is 30.7 Å². The Morgan fingerprint density at radius 1 is 1.21 bits per heavy atom. The van der Waals surface area contributed by atoms with E-state index in [1.165, 1.54) is 0 Å². The molecule has 2 aromatic carbocycles. The normalized spacial score (nSPS) is 10.8. The maximum Gasteiger partial charge on any atom is 0.219 e. The number of aryl methyl sites for hydroxylation is 1. The highest BCUT2D eigenvalue weighted by atomic mass is 35.5. The van der Waals surface area contributed by atoms with E-state index in [0.717, 1.165) is 28.6 Å². The SMILES string of the molecule is Cc1ccccc1-c1nc2cc(Cl)ccc2n1C=O. The lowest BCUT2D eigenvalue weighted by Crippen LogP contribution is -1.98. The Morgan fingerprint density at radius 3 is 2.74 bits per heavy atom. The first kappa shape index (κ1) is 11.9. The van der Waals surface area contributed by atoms with E-state index in [-0.39, 0.29) is 0 Å². The molecule has 0 aliphatic carbocycles. The largest absolute Gasteiger partial charge is 0.278 e. The van der Waals surface area contributed by atoms with E-state index < -0.39 is 0 Å². The molecule has 0 saturated heterocycles. The Hall–Kier alpha value is -2.13. The highest BCUT2D eigenvalue weighted by Crippen LogP contribution is 2.27. The van der Waals surface area contributed by atoms with E-state index >= 15 is 0 Å². The summed E-state index contributed by atoms with van der Waals surface area (Å²) in [6, 6.07) is 13.2. The molecule has 1 heterocycles. The first-order valence-electron chi connectivity index (χ1n) is 5.89. The van der Waals surface area contributed by atoms with Crippen LogP contribution >= 0.6 is 11.6 Å². The smallest absolute Gasteiger partial charge is 0.219 e. The minimum atomic E-state index is 0.611. The summed E-state index contributed by atoms with van der Waals surface area (Å²) in [6.07, 6.45) is 0.783. The van der Waals surface area contributed by atoms with Crippen molar-refractivity contribution in [3.8, 4) is 11.4 Å². The Bertz CT molecular complexity index is 777. The van der Waals surface area contributed by atoms with Crippen LogP contribution in [0.5, 0.6) is 0 Å². The number of hydrogen-bond acceptors (Lipinski definition) is 2. The molecule has 0 spiro atoms. The zero-order chi connectivity index (χ0) is 13.4. The van der Waals surface area contributed by atoms with Gasteiger partial charge in [-0.2, -0.15) is 0 Å². The molecule has 3 nitrogen and oxygen atoms in total. The van der Waals surface area contributed by atoms with Crippen LogP contribution in [0.2, 0.25) is 5.02 Å². The number of hydrogen-bond donors (Lipinski definition) is 0. The first-order chi connectivity index (χ1) is 9.20. The number of carbonyl (C=O) groups excluding carboxylic acids is 1. The number of rotatable bonds is 2. The van der Waals surface area contributed by atoms with Crippen LogP contribution in [0.25, 0.3) is 22.4 Å². The van der Waals surface area contributed by atoms with Crippen molar-refractivity contribution in [3.05, 3.63) is 53.1 Å². The maximum atomic E-state index is 11.4.